The number of aromatic nitrogens is 2. The number of amides is 1. The maximum absolute atomic E-state index is 12.4. The summed E-state index contributed by atoms with van der Waals surface area (Å²) in [5.41, 5.74) is 2.76. The van der Waals surface area contributed by atoms with E-state index >= 15 is 0 Å². The first-order chi connectivity index (χ1) is 14.0. The molecule has 7 heteroatoms. The molecule has 0 saturated carbocycles. The number of carbonyl (C=O) groups excluding carboxylic acids is 1. The molecule has 0 spiro atoms. The van der Waals surface area contributed by atoms with Gasteiger partial charge in [-0.25, -0.2) is 4.98 Å². The molecule has 1 amide bonds. The standard InChI is InChI=1S/C22H28N4O3/c1-15(13-22(27)25-19-10-9-17(28-3)14-21(19)29-4)23-11-12-26-16(2)24-18-7-5-6-8-20(18)26/h5-10,14-15,23H,11-13H2,1-4H3,(H,25,27). The van der Waals surface area contributed by atoms with Gasteiger partial charge in [0.2, 0.25) is 5.91 Å². The number of anilines is 1. The van der Waals surface area contributed by atoms with Gasteiger partial charge in [-0.3, -0.25) is 4.79 Å². The van der Waals surface area contributed by atoms with Crippen molar-refractivity contribution in [2.24, 2.45) is 0 Å². The molecular weight excluding hydrogens is 368 g/mol. The number of carbonyl (C=O) groups is 1. The van der Waals surface area contributed by atoms with E-state index in [1.807, 2.05) is 32.0 Å². The van der Waals surface area contributed by atoms with Crippen LogP contribution in [0.1, 0.15) is 19.2 Å². The van der Waals surface area contributed by atoms with Gasteiger partial charge in [-0.1, -0.05) is 12.1 Å². The number of benzene rings is 2. The van der Waals surface area contributed by atoms with Crippen molar-refractivity contribution in [2.45, 2.75) is 32.9 Å². The van der Waals surface area contributed by atoms with E-state index in [-0.39, 0.29) is 11.9 Å². The second-order valence-electron chi connectivity index (χ2n) is 6.97. The molecule has 1 heterocycles. The second-order valence-corrected chi connectivity index (χ2v) is 6.97. The first-order valence-electron chi connectivity index (χ1n) is 9.69. The van der Waals surface area contributed by atoms with Gasteiger partial charge in [0.25, 0.3) is 0 Å². The number of hydrogen-bond donors (Lipinski definition) is 2. The fraction of sp³-hybridized carbons (Fsp3) is 0.364. The monoisotopic (exact) mass is 396 g/mol. The quantitative estimate of drug-likeness (QED) is 0.580. The third-order valence-corrected chi connectivity index (χ3v) is 4.85. The zero-order valence-electron chi connectivity index (χ0n) is 17.4. The molecule has 7 nitrogen and oxygen atoms in total. The minimum Gasteiger partial charge on any atom is -0.497 e. The van der Waals surface area contributed by atoms with Gasteiger partial charge in [0.05, 0.1) is 30.9 Å². The summed E-state index contributed by atoms with van der Waals surface area (Å²) >= 11 is 0. The molecule has 0 aliphatic heterocycles. The van der Waals surface area contributed by atoms with Crippen molar-refractivity contribution in [2.75, 3.05) is 26.1 Å². The molecule has 0 radical (unpaired) electrons. The van der Waals surface area contributed by atoms with Crippen LogP contribution in [0, 0.1) is 6.92 Å². The number of fused-ring (bicyclic) bond motifs is 1. The lowest BCUT2D eigenvalue weighted by Gasteiger charge is -2.16. The third-order valence-electron chi connectivity index (χ3n) is 4.85. The van der Waals surface area contributed by atoms with Crippen molar-refractivity contribution < 1.29 is 14.3 Å². The second kappa shape index (κ2) is 9.43. The summed E-state index contributed by atoms with van der Waals surface area (Å²) in [6.07, 6.45) is 0.360. The highest BCUT2D eigenvalue weighted by molar-refractivity contribution is 5.92. The van der Waals surface area contributed by atoms with E-state index in [1.54, 1.807) is 32.4 Å². The molecule has 0 saturated heterocycles. The van der Waals surface area contributed by atoms with Crippen molar-refractivity contribution in [3.8, 4) is 11.5 Å². The number of imidazole rings is 1. The number of ether oxygens (including phenoxy) is 2. The smallest absolute Gasteiger partial charge is 0.226 e. The Bertz CT molecular complexity index is 983. The highest BCUT2D eigenvalue weighted by atomic mass is 16.5. The van der Waals surface area contributed by atoms with E-state index in [0.717, 1.165) is 29.9 Å². The Morgan fingerprint density at radius 1 is 1.17 bits per heavy atom. The van der Waals surface area contributed by atoms with Crippen molar-refractivity contribution in [1.29, 1.82) is 0 Å². The van der Waals surface area contributed by atoms with Crippen molar-refractivity contribution >= 4 is 22.6 Å². The first kappa shape index (κ1) is 20.7. The minimum atomic E-state index is -0.0715. The predicted molar refractivity (Wildman–Crippen MR) is 115 cm³/mol. The highest BCUT2D eigenvalue weighted by Gasteiger charge is 2.13. The Hall–Kier alpha value is -3.06. The highest BCUT2D eigenvalue weighted by Crippen LogP contribution is 2.29. The zero-order valence-corrected chi connectivity index (χ0v) is 17.4. The molecule has 1 aromatic heterocycles. The number of rotatable bonds is 9. The van der Waals surface area contributed by atoms with Gasteiger partial charge in [-0.2, -0.15) is 0 Å². The summed E-state index contributed by atoms with van der Waals surface area (Å²) in [5, 5.41) is 6.32. The Balaban J connectivity index is 1.51. The molecule has 2 aromatic carbocycles. The van der Waals surface area contributed by atoms with E-state index in [9.17, 15) is 4.79 Å². The van der Waals surface area contributed by atoms with E-state index in [4.69, 9.17) is 9.47 Å². The molecular formula is C22H28N4O3. The number of nitrogens with one attached hydrogen (secondary N) is 2. The Morgan fingerprint density at radius 3 is 2.72 bits per heavy atom. The van der Waals surface area contributed by atoms with Gasteiger partial charge < -0.3 is 24.7 Å². The van der Waals surface area contributed by atoms with Crippen LogP contribution in [0.5, 0.6) is 11.5 Å². The largest absolute Gasteiger partial charge is 0.497 e. The SMILES string of the molecule is COc1ccc(NC(=O)CC(C)NCCn2c(C)nc3ccccc32)c(OC)c1. The normalized spacial score (nSPS) is 12.0. The maximum Gasteiger partial charge on any atom is 0.226 e. The van der Waals surface area contributed by atoms with Crippen LogP contribution in [0.4, 0.5) is 5.69 Å². The van der Waals surface area contributed by atoms with Gasteiger partial charge >= 0.3 is 0 Å². The predicted octanol–water partition coefficient (Wildman–Crippen LogP) is 3.37. The number of para-hydroxylation sites is 2. The van der Waals surface area contributed by atoms with Gasteiger partial charge in [-0.05, 0) is 38.1 Å². The molecule has 3 rings (SSSR count). The van der Waals surface area contributed by atoms with E-state index in [1.165, 1.54) is 0 Å². The fourth-order valence-electron chi connectivity index (χ4n) is 3.35. The van der Waals surface area contributed by atoms with Gasteiger partial charge in [0, 0.05) is 31.6 Å². The summed E-state index contributed by atoms with van der Waals surface area (Å²) in [6.45, 7) is 5.56. The average Bonchev–Trinajstić information content (AvgIpc) is 3.03. The van der Waals surface area contributed by atoms with Crippen LogP contribution >= 0.6 is 0 Å². The topological polar surface area (TPSA) is 77.4 Å². The molecule has 3 aromatic rings. The van der Waals surface area contributed by atoms with Gasteiger partial charge in [0.1, 0.15) is 17.3 Å². The van der Waals surface area contributed by atoms with Crippen LogP contribution in [0.2, 0.25) is 0 Å². The first-order valence-corrected chi connectivity index (χ1v) is 9.69. The van der Waals surface area contributed by atoms with Gasteiger partial charge in [0.15, 0.2) is 0 Å². The van der Waals surface area contributed by atoms with Crippen LogP contribution < -0.4 is 20.1 Å². The molecule has 154 valence electrons. The molecule has 2 N–H and O–H groups in total. The third kappa shape index (κ3) is 5.06. The number of hydrogen-bond acceptors (Lipinski definition) is 5. The Labute approximate surface area is 171 Å². The summed E-state index contributed by atoms with van der Waals surface area (Å²) in [6, 6.07) is 13.5. The van der Waals surface area contributed by atoms with Crippen LogP contribution in [-0.4, -0.2) is 42.3 Å². The summed E-state index contributed by atoms with van der Waals surface area (Å²) in [7, 11) is 3.16. The molecule has 0 aliphatic rings. The van der Waals surface area contributed by atoms with Gasteiger partial charge in [-0.15, -0.1) is 0 Å². The lowest BCUT2D eigenvalue weighted by molar-refractivity contribution is -0.116. The maximum atomic E-state index is 12.4. The molecule has 29 heavy (non-hydrogen) atoms. The molecule has 0 bridgehead atoms. The van der Waals surface area contributed by atoms with Crippen molar-refractivity contribution in [3.63, 3.8) is 0 Å². The number of nitrogens with zero attached hydrogens (tertiary/aromatic N) is 2. The fourth-order valence-corrected chi connectivity index (χ4v) is 3.35. The lowest BCUT2D eigenvalue weighted by atomic mass is 10.2. The molecule has 1 unspecified atom stereocenters. The summed E-state index contributed by atoms with van der Waals surface area (Å²) in [5.74, 6) is 2.17. The van der Waals surface area contributed by atoms with Crippen LogP contribution in [0.25, 0.3) is 11.0 Å². The zero-order chi connectivity index (χ0) is 20.8. The number of methoxy groups -OCH3 is 2. The Morgan fingerprint density at radius 2 is 1.97 bits per heavy atom. The number of aryl methyl sites for hydroxylation is 1. The van der Waals surface area contributed by atoms with Crippen LogP contribution in [-0.2, 0) is 11.3 Å². The Kier molecular flexibility index (Phi) is 6.72. The molecule has 0 aliphatic carbocycles. The van der Waals surface area contributed by atoms with Crippen molar-refractivity contribution in [1.82, 2.24) is 14.9 Å². The van der Waals surface area contributed by atoms with E-state index < -0.39 is 0 Å². The summed E-state index contributed by atoms with van der Waals surface area (Å²) < 4.78 is 12.7. The minimum absolute atomic E-state index is 0.0364. The van der Waals surface area contributed by atoms with E-state index in [0.29, 0.717) is 23.6 Å². The van der Waals surface area contributed by atoms with Crippen molar-refractivity contribution in [3.05, 3.63) is 48.3 Å². The molecule has 1 atom stereocenters. The lowest BCUT2D eigenvalue weighted by Crippen LogP contribution is -2.33. The average molecular weight is 396 g/mol. The van der Waals surface area contributed by atoms with E-state index in [2.05, 4.69) is 26.3 Å². The molecule has 0 fully saturated rings. The van der Waals surface area contributed by atoms with Crippen LogP contribution in [0.3, 0.4) is 0 Å². The van der Waals surface area contributed by atoms with Crippen LogP contribution in [0.15, 0.2) is 42.5 Å². The summed E-state index contributed by atoms with van der Waals surface area (Å²) in [4.78, 5) is 17.0.